The normalized spacial score (nSPS) is 15.8. The first-order valence-electron chi connectivity index (χ1n) is 10.9. The van der Waals surface area contributed by atoms with Crippen LogP contribution in [0.3, 0.4) is 0 Å². The van der Waals surface area contributed by atoms with E-state index < -0.39 is 0 Å². The van der Waals surface area contributed by atoms with Crippen LogP contribution in [0.1, 0.15) is 17.2 Å². The van der Waals surface area contributed by atoms with E-state index in [4.69, 9.17) is 4.74 Å². The summed E-state index contributed by atoms with van der Waals surface area (Å²) < 4.78 is 5.28. The maximum atomic E-state index is 13.4. The van der Waals surface area contributed by atoms with Crippen LogP contribution < -0.4 is 10.1 Å². The molecule has 0 spiro atoms. The minimum absolute atomic E-state index is 0.0501. The lowest BCUT2D eigenvalue weighted by atomic mass is 10.0. The number of rotatable bonds is 7. The summed E-state index contributed by atoms with van der Waals surface area (Å²) in [5.41, 5.74) is 2.79. The fourth-order valence-corrected chi connectivity index (χ4v) is 4.17. The molecule has 6 nitrogen and oxygen atoms in total. The molecule has 0 aromatic heterocycles. The summed E-state index contributed by atoms with van der Waals surface area (Å²) in [6.45, 7) is 4.05. The number of piperazine rings is 1. The molecule has 1 fully saturated rings. The smallest absolute Gasteiger partial charge is 0.246 e. The van der Waals surface area contributed by atoms with E-state index in [0.717, 1.165) is 49.5 Å². The van der Waals surface area contributed by atoms with Gasteiger partial charge in [-0.1, -0.05) is 48.5 Å². The standard InChI is InChI=1S/C26H29N3O3/c1-32-24-12-6-10-22(18-24)27-26(31)25(21-8-3-2-4-9-21)29-15-13-28(14-16-29)19-20-7-5-11-23(30)17-20/h2-12,17-18,25,30H,13-16,19H2,1H3,(H,27,31). The molecule has 6 heteroatoms. The number of hydrogen-bond acceptors (Lipinski definition) is 5. The number of amides is 1. The van der Waals surface area contributed by atoms with E-state index in [0.29, 0.717) is 11.5 Å². The van der Waals surface area contributed by atoms with Crippen molar-refractivity contribution in [3.8, 4) is 11.5 Å². The van der Waals surface area contributed by atoms with Crippen LogP contribution in [-0.2, 0) is 11.3 Å². The summed E-state index contributed by atoms with van der Waals surface area (Å²) in [4.78, 5) is 18.0. The highest BCUT2D eigenvalue weighted by molar-refractivity contribution is 5.95. The number of aromatic hydroxyl groups is 1. The second-order valence-electron chi connectivity index (χ2n) is 8.02. The number of carbonyl (C=O) groups is 1. The zero-order valence-electron chi connectivity index (χ0n) is 18.3. The number of carbonyl (C=O) groups excluding carboxylic acids is 1. The van der Waals surface area contributed by atoms with E-state index in [1.807, 2.05) is 66.7 Å². The maximum Gasteiger partial charge on any atom is 0.246 e. The molecule has 1 aliphatic heterocycles. The molecule has 3 aromatic rings. The van der Waals surface area contributed by atoms with Gasteiger partial charge >= 0.3 is 0 Å². The maximum absolute atomic E-state index is 13.4. The Bertz CT molecular complexity index is 1030. The van der Waals surface area contributed by atoms with Crippen molar-refractivity contribution in [3.05, 3.63) is 90.0 Å². The van der Waals surface area contributed by atoms with E-state index in [-0.39, 0.29) is 11.9 Å². The lowest BCUT2D eigenvalue weighted by molar-refractivity contribution is -0.122. The molecule has 1 amide bonds. The molecule has 1 atom stereocenters. The lowest BCUT2D eigenvalue weighted by Gasteiger charge is -2.38. The van der Waals surface area contributed by atoms with Gasteiger partial charge in [0.1, 0.15) is 17.5 Å². The van der Waals surface area contributed by atoms with Crippen LogP contribution in [0, 0.1) is 0 Å². The molecule has 2 N–H and O–H groups in total. The summed E-state index contributed by atoms with van der Waals surface area (Å²) in [5.74, 6) is 0.949. The molecular weight excluding hydrogens is 402 g/mol. The number of methoxy groups -OCH3 is 1. The Kier molecular flexibility index (Phi) is 7.04. The SMILES string of the molecule is COc1cccc(NC(=O)C(c2ccccc2)N2CCN(Cc3cccc(O)c3)CC2)c1. The first kappa shape index (κ1) is 21.9. The lowest BCUT2D eigenvalue weighted by Crippen LogP contribution is -2.49. The van der Waals surface area contributed by atoms with Crippen molar-refractivity contribution in [2.75, 3.05) is 38.6 Å². The molecule has 0 radical (unpaired) electrons. The monoisotopic (exact) mass is 431 g/mol. The minimum atomic E-state index is -0.370. The van der Waals surface area contributed by atoms with Gasteiger partial charge in [0.15, 0.2) is 0 Å². The van der Waals surface area contributed by atoms with Gasteiger partial charge in [0.2, 0.25) is 5.91 Å². The van der Waals surface area contributed by atoms with E-state index in [1.165, 1.54) is 0 Å². The number of phenols is 1. The number of ether oxygens (including phenoxy) is 1. The van der Waals surface area contributed by atoms with Gasteiger partial charge in [0.05, 0.1) is 7.11 Å². The Hall–Kier alpha value is -3.35. The zero-order valence-corrected chi connectivity index (χ0v) is 18.3. The molecule has 1 aliphatic rings. The largest absolute Gasteiger partial charge is 0.508 e. The topological polar surface area (TPSA) is 65.0 Å². The van der Waals surface area contributed by atoms with Crippen molar-refractivity contribution in [1.82, 2.24) is 9.80 Å². The molecule has 0 saturated carbocycles. The summed E-state index contributed by atoms with van der Waals surface area (Å²) in [5, 5.41) is 12.8. The second-order valence-corrected chi connectivity index (χ2v) is 8.02. The van der Waals surface area contributed by atoms with Crippen LogP contribution in [0.4, 0.5) is 5.69 Å². The van der Waals surface area contributed by atoms with Gasteiger partial charge < -0.3 is 15.2 Å². The number of anilines is 1. The molecule has 1 unspecified atom stereocenters. The van der Waals surface area contributed by atoms with Gasteiger partial charge in [0.25, 0.3) is 0 Å². The van der Waals surface area contributed by atoms with E-state index in [2.05, 4.69) is 15.1 Å². The quantitative estimate of drug-likeness (QED) is 0.594. The molecular formula is C26H29N3O3. The summed E-state index contributed by atoms with van der Waals surface area (Å²) >= 11 is 0. The van der Waals surface area contributed by atoms with Crippen molar-refractivity contribution in [3.63, 3.8) is 0 Å². The predicted molar refractivity (Wildman–Crippen MR) is 126 cm³/mol. The van der Waals surface area contributed by atoms with Crippen LogP contribution in [0.25, 0.3) is 0 Å². The third kappa shape index (κ3) is 5.46. The second kappa shape index (κ2) is 10.3. The summed E-state index contributed by atoms with van der Waals surface area (Å²) in [7, 11) is 1.62. The zero-order chi connectivity index (χ0) is 22.3. The number of nitrogens with one attached hydrogen (secondary N) is 1. The Balaban J connectivity index is 1.46. The molecule has 32 heavy (non-hydrogen) atoms. The van der Waals surface area contributed by atoms with E-state index in [9.17, 15) is 9.90 Å². The number of nitrogens with zero attached hydrogens (tertiary/aromatic N) is 2. The van der Waals surface area contributed by atoms with Gasteiger partial charge in [-0.15, -0.1) is 0 Å². The van der Waals surface area contributed by atoms with Crippen molar-refractivity contribution in [2.45, 2.75) is 12.6 Å². The highest BCUT2D eigenvalue weighted by atomic mass is 16.5. The fraction of sp³-hybridized carbons (Fsp3) is 0.269. The van der Waals surface area contributed by atoms with Crippen LogP contribution in [-0.4, -0.2) is 54.1 Å². The van der Waals surface area contributed by atoms with Crippen LogP contribution >= 0.6 is 0 Å². The third-order valence-electron chi connectivity index (χ3n) is 5.79. The summed E-state index contributed by atoms with van der Waals surface area (Å²) in [6.07, 6.45) is 0. The molecule has 1 heterocycles. The van der Waals surface area contributed by atoms with Crippen LogP contribution in [0.15, 0.2) is 78.9 Å². The average molecular weight is 432 g/mol. The molecule has 3 aromatic carbocycles. The first-order valence-corrected chi connectivity index (χ1v) is 10.9. The Morgan fingerprint density at radius 3 is 2.44 bits per heavy atom. The van der Waals surface area contributed by atoms with Crippen LogP contribution in [0.5, 0.6) is 11.5 Å². The van der Waals surface area contributed by atoms with Crippen molar-refractivity contribution in [2.24, 2.45) is 0 Å². The Labute approximate surface area is 189 Å². The highest BCUT2D eigenvalue weighted by Gasteiger charge is 2.30. The predicted octanol–water partition coefficient (Wildman–Crippen LogP) is 3.90. The highest BCUT2D eigenvalue weighted by Crippen LogP contribution is 2.26. The molecule has 4 rings (SSSR count). The third-order valence-corrected chi connectivity index (χ3v) is 5.79. The molecule has 1 saturated heterocycles. The van der Waals surface area contributed by atoms with Crippen LogP contribution in [0.2, 0.25) is 0 Å². The number of benzene rings is 3. The number of phenolic OH excluding ortho intramolecular Hbond substituents is 1. The first-order chi connectivity index (χ1) is 15.6. The van der Waals surface area contributed by atoms with Crippen molar-refractivity contribution < 1.29 is 14.6 Å². The molecule has 0 bridgehead atoms. The molecule has 0 aliphatic carbocycles. The van der Waals surface area contributed by atoms with Gasteiger partial charge in [-0.05, 0) is 35.4 Å². The fourth-order valence-electron chi connectivity index (χ4n) is 4.17. The van der Waals surface area contributed by atoms with Gasteiger partial charge in [-0.25, -0.2) is 0 Å². The van der Waals surface area contributed by atoms with E-state index >= 15 is 0 Å². The van der Waals surface area contributed by atoms with Crippen molar-refractivity contribution >= 4 is 11.6 Å². The van der Waals surface area contributed by atoms with E-state index in [1.54, 1.807) is 19.2 Å². The van der Waals surface area contributed by atoms with Gasteiger partial charge in [0, 0.05) is 44.5 Å². The summed E-state index contributed by atoms with van der Waals surface area (Å²) in [6, 6.07) is 24.4. The average Bonchev–Trinajstić information content (AvgIpc) is 2.81. The van der Waals surface area contributed by atoms with Crippen molar-refractivity contribution in [1.29, 1.82) is 0 Å². The minimum Gasteiger partial charge on any atom is -0.508 e. The Morgan fingerprint density at radius 2 is 1.72 bits per heavy atom. The molecule has 166 valence electrons. The Morgan fingerprint density at radius 1 is 0.969 bits per heavy atom. The van der Waals surface area contributed by atoms with Gasteiger partial charge in [-0.3, -0.25) is 14.6 Å². The number of hydrogen-bond donors (Lipinski definition) is 2. The van der Waals surface area contributed by atoms with Gasteiger partial charge in [-0.2, -0.15) is 0 Å².